The Morgan fingerprint density at radius 2 is 2.22 bits per heavy atom. The van der Waals surface area contributed by atoms with E-state index >= 15 is 0 Å². The molecular weight excluding hydrogens is 127 g/mol. The number of allylic oxidation sites excluding steroid dienone is 5. The quantitative estimate of drug-likeness (QED) is 0.417. The maximum absolute atomic E-state index is 3.69. The number of rotatable bonds is 3. The van der Waals surface area contributed by atoms with Gasteiger partial charge in [0.05, 0.1) is 0 Å². The fourth-order valence-corrected chi connectivity index (χ4v) is 0.920. The SMILES string of the molecule is C=C/C(=C\C=C/C)PC. The van der Waals surface area contributed by atoms with Gasteiger partial charge in [0.2, 0.25) is 0 Å². The molecule has 0 heterocycles. The summed E-state index contributed by atoms with van der Waals surface area (Å²) >= 11 is 0. The van der Waals surface area contributed by atoms with Gasteiger partial charge in [-0.15, -0.1) is 0 Å². The summed E-state index contributed by atoms with van der Waals surface area (Å²) < 4.78 is 0. The molecule has 1 heteroatoms. The number of hydrogen-bond acceptors (Lipinski definition) is 0. The lowest BCUT2D eigenvalue weighted by atomic mass is 10.4. The van der Waals surface area contributed by atoms with Crippen LogP contribution >= 0.6 is 8.58 Å². The van der Waals surface area contributed by atoms with Crippen molar-refractivity contribution in [2.45, 2.75) is 6.92 Å². The van der Waals surface area contributed by atoms with Gasteiger partial charge in [0.25, 0.3) is 0 Å². The van der Waals surface area contributed by atoms with Crippen molar-refractivity contribution in [1.82, 2.24) is 0 Å². The summed E-state index contributed by atoms with van der Waals surface area (Å²) in [7, 11) is 0.851. The molecule has 0 aromatic rings. The largest absolute Gasteiger partial charge is 0.0984 e. The van der Waals surface area contributed by atoms with Gasteiger partial charge in [-0.2, -0.15) is 0 Å². The van der Waals surface area contributed by atoms with Crippen LogP contribution in [0.15, 0.2) is 36.2 Å². The predicted molar refractivity (Wildman–Crippen MR) is 47.3 cm³/mol. The molecule has 0 amide bonds. The van der Waals surface area contributed by atoms with E-state index < -0.39 is 0 Å². The third-order valence-corrected chi connectivity index (χ3v) is 1.92. The summed E-state index contributed by atoms with van der Waals surface area (Å²) in [5, 5.41) is 1.31. The van der Waals surface area contributed by atoms with Gasteiger partial charge in [-0.25, -0.2) is 0 Å². The first-order chi connectivity index (χ1) is 4.35. The Labute approximate surface area is 59.1 Å². The molecule has 50 valence electrons. The van der Waals surface area contributed by atoms with Crippen LogP contribution in [0.1, 0.15) is 6.92 Å². The minimum Gasteiger partial charge on any atom is -0.0984 e. The first kappa shape index (κ1) is 8.65. The van der Waals surface area contributed by atoms with Gasteiger partial charge < -0.3 is 0 Å². The van der Waals surface area contributed by atoms with Gasteiger partial charge in [0, 0.05) is 0 Å². The minimum atomic E-state index is 0.851. The third-order valence-electron chi connectivity index (χ3n) is 0.977. The lowest BCUT2D eigenvalue weighted by Crippen LogP contribution is -1.60. The van der Waals surface area contributed by atoms with Gasteiger partial charge in [-0.1, -0.05) is 39.5 Å². The molecule has 0 N–H and O–H groups in total. The summed E-state index contributed by atoms with van der Waals surface area (Å²) in [6, 6.07) is 0. The van der Waals surface area contributed by atoms with E-state index in [2.05, 4.69) is 19.3 Å². The molecule has 0 aliphatic rings. The second kappa shape index (κ2) is 5.78. The molecule has 0 aromatic carbocycles. The lowest BCUT2D eigenvalue weighted by Gasteiger charge is -1.90. The zero-order valence-corrected chi connectivity index (χ0v) is 7.02. The van der Waals surface area contributed by atoms with Crippen molar-refractivity contribution >= 4 is 8.58 Å². The standard InChI is InChI=1S/C8H13P/c1-4-6-7-8(5-2)9-3/h4-7,9H,2H2,1,3H3/b6-4-,8-7+. The van der Waals surface area contributed by atoms with Crippen LogP contribution in [0.4, 0.5) is 0 Å². The Balaban J connectivity index is 3.90. The van der Waals surface area contributed by atoms with Crippen LogP contribution in [0.3, 0.4) is 0 Å². The highest BCUT2D eigenvalue weighted by atomic mass is 31.1. The van der Waals surface area contributed by atoms with Crippen LogP contribution in [-0.4, -0.2) is 6.66 Å². The van der Waals surface area contributed by atoms with E-state index in [1.165, 1.54) is 5.31 Å². The molecule has 0 rings (SSSR count). The zero-order chi connectivity index (χ0) is 7.11. The molecule has 0 spiro atoms. The predicted octanol–water partition coefficient (Wildman–Crippen LogP) is 2.94. The Kier molecular flexibility index (Phi) is 5.56. The highest BCUT2D eigenvalue weighted by Gasteiger charge is 1.79. The monoisotopic (exact) mass is 140 g/mol. The van der Waals surface area contributed by atoms with Gasteiger partial charge in [0.15, 0.2) is 0 Å². The number of hydrogen-bond donors (Lipinski definition) is 0. The van der Waals surface area contributed by atoms with Gasteiger partial charge in [0.1, 0.15) is 0 Å². The highest BCUT2D eigenvalue weighted by Crippen LogP contribution is 2.18. The molecule has 0 nitrogen and oxygen atoms in total. The molecule has 0 aliphatic heterocycles. The van der Waals surface area contributed by atoms with Crippen LogP contribution in [-0.2, 0) is 0 Å². The Morgan fingerprint density at radius 3 is 2.56 bits per heavy atom. The third kappa shape index (κ3) is 4.17. The molecule has 1 atom stereocenters. The van der Waals surface area contributed by atoms with Crippen LogP contribution < -0.4 is 0 Å². The average molecular weight is 140 g/mol. The van der Waals surface area contributed by atoms with Gasteiger partial charge in [-0.05, 0) is 18.9 Å². The maximum Gasteiger partial charge on any atom is -0.0280 e. The van der Waals surface area contributed by atoms with Gasteiger partial charge >= 0.3 is 0 Å². The molecule has 0 saturated heterocycles. The van der Waals surface area contributed by atoms with Crippen molar-refractivity contribution in [2.24, 2.45) is 0 Å². The molecular formula is C8H13P. The van der Waals surface area contributed by atoms with Crippen molar-refractivity contribution in [2.75, 3.05) is 6.66 Å². The highest BCUT2D eigenvalue weighted by molar-refractivity contribution is 7.42. The van der Waals surface area contributed by atoms with Crippen molar-refractivity contribution in [3.8, 4) is 0 Å². The molecule has 0 aromatic heterocycles. The summed E-state index contributed by atoms with van der Waals surface area (Å²) in [5.41, 5.74) is 0. The first-order valence-electron chi connectivity index (χ1n) is 2.98. The van der Waals surface area contributed by atoms with Crippen LogP contribution in [0.5, 0.6) is 0 Å². The minimum absolute atomic E-state index is 0.851. The molecule has 0 aliphatic carbocycles. The average Bonchev–Trinajstić information content (AvgIpc) is 1.91. The smallest absolute Gasteiger partial charge is 0.0280 e. The Hall–Kier alpha value is -0.350. The van der Waals surface area contributed by atoms with E-state index in [4.69, 9.17) is 0 Å². The maximum atomic E-state index is 3.69. The van der Waals surface area contributed by atoms with Crippen LogP contribution in [0, 0.1) is 0 Å². The lowest BCUT2D eigenvalue weighted by molar-refractivity contribution is 1.72. The normalized spacial score (nSPS) is 13.8. The fraction of sp³-hybridized carbons (Fsp3) is 0.250. The van der Waals surface area contributed by atoms with E-state index in [9.17, 15) is 0 Å². The van der Waals surface area contributed by atoms with E-state index in [1.54, 1.807) is 0 Å². The van der Waals surface area contributed by atoms with Crippen molar-refractivity contribution in [1.29, 1.82) is 0 Å². The van der Waals surface area contributed by atoms with E-state index in [1.807, 2.05) is 25.2 Å². The van der Waals surface area contributed by atoms with Crippen molar-refractivity contribution < 1.29 is 0 Å². The zero-order valence-electron chi connectivity index (χ0n) is 6.02. The fourth-order valence-electron chi connectivity index (χ4n) is 0.453. The molecule has 1 unspecified atom stereocenters. The second-order valence-electron chi connectivity index (χ2n) is 1.60. The summed E-state index contributed by atoms with van der Waals surface area (Å²) in [5.74, 6) is 0. The van der Waals surface area contributed by atoms with Crippen LogP contribution in [0.2, 0.25) is 0 Å². The Bertz CT molecular complexity index is 132. The molecule has 0 bridgehead atoms. The topological polar surface area (TPSA) is 0 Å². The molecule has 0 fully saturated rings. The van der Waals surface area contributed by atoms with Crippen LogP contribution in [0.25, 0.3) is 0 Å². The summed E-state index contributed by atoms with van der Waals surface area (Å²) in [6.45, 7) is 7.85. The summed E-state index contributed by atoms with van der Waals surface area (Å²) in [4.78, 5) is 0. The van der Waals surface area contributed by atoms with E-state index in [0.29, 0.717) is 0 Å². The molecule has 0 saturated carbocycles. The van der Waals surface area contributed by atoms with E-state index in [-0.39, 0.29) is 0 Å². The summed E-state index contributed by atoms with van der Waals surface area (Å²) in [6.07, 6.45) is 8.04. The van der Waals surface area contributed by atoms with Crippen molar-refractivity contribution in [3.05, 3.63) is 36.2 Å². The van der Waals surface area contributed by atoms with Crippen molar-refractivity contribution in [3.63, 3.8) is 0 Å². The molecule has 9 heavy (non-hydrogen) atoms. The second-order valence-corrected chi connectivity index (χ2v) is 2.68. The van der Waals surface area contributed by atoms with Gasteiger partial charge in [-0.3, -0.25) is 0 Å². The van der Waals surface area contributed by atoms with E-state index in [0.717, 1.165) is 8.58 Å². The Morgan fingerprint density at radius 1 is 1.56 bits per heavy atom. The molecule has 0 radical (unpaired) electrons. The first-order valence-corrected chi connectivity index (χ1v) is 4.48.